The number of hydrogen-bond donors (Lipinski definition) is 1. The van der Waals surface area contributed by atoms with E-state index < -0.39 is 17.7 Å². The number of aliphatic hydroxyl groups excluding tert-OH is 1. The summed E-state index contributed by atoms with van der Waals surface area (Å²) in [5.41, 5.74) is 0.659. The van der Waals surface area contributed by atoms with Gasteiger partial charge in [-0.05, 0) is 62.1 Å². The van der Waals surface area contributed by atoms with Gasteiger partial charge in [0.1, 0.15) is 11.6 Å². The van der Waals surface area contributed by atoms with Gasteiger partial charge in [0.15, 0.2) is 11.6 Å². The van der Waals surface area contributed by atoms with Crippen LogP contribution in [0.15, 0.2) is 43.0 Å². The molecule has 1 aliphatic rings. The first-order valence-electron chi connectivity index (χ1n) is 11.6. The summed E-state index contributed by atoms with van der Waals surface area (Å²) in [6, 6.07) is 7.86. The summed E-state index contributed by atoms with van der Waals surface area (Å²) in [6.07, 6.45) is 5.59. The fourth-order valence-electron chi connectivity index (χ4n) is 4.26. The number of benzene rings is 2. The Balaban J connectivity index is 1.60. The maximum Gasteiger partial charge on any atom is 0.174 e. The second-order valence-corrected chi connectivity index (χ2v) is 8.56. The first kappa shape index (κ1) is 24.9. The van der Waals surface area contributed by atoms with Crippen LogP contribution in [0.4, 0.5) is 13.2 Å². The minimum Gasteiger partial charge on any atom is -0.493 e. The van der Waals surface area contributed by atoms with E-state index in [9.17, 15) is 18.3 Å². The summed E-state index contributed by atoms with van der Waals surface area (Å²) in [5.74, 6) is 4.21. The van der Waals surface area contributed by atoms with Gasteiger partial charge in [0, 0.05) is 17.5 Å². The van der Waals surface area contributed by atoms with Gasteiger partial charge in [0.05, 0.1) is 18.3 Å². The predicted molar refractivity (Wildman–Crippen MR) is 125 cm³/mol. The third kappa shape index (κ3) is 6.42. The molecule has 5 heteroatoms. The molecule has 0 saturated heterocycles. The molecule has 2 aromatic rings. The normalized spacial score (nSPS) is 18.8. The highest BCUT2D eigenvalue weighted by atomic mass is 19.2. The van der Waals surface area contributed by atoms with Gasteiger partial charge < -0.3 is 9.84 Å². The number of aliphatic hydroxyl groups is 1. The van der Waals surface area contributed by atoms with E-state index in [4.69, 9.17) is 4.74 Å². The molecule has 0 bridgehead atoms. The summed E-state index contributed by atoms with van der Waals surface area (Å²) >= 11 is 0. The highest BCUT2D eigenvalue weighted by molar-refractivity contribution is 5.40. The molecule has 176 valence electrons. The average molecular weight is 457 g/mol. The van der Waals surface area contributed by atoms with E-state index in [1.807, 2.05) is 6.92 Å². The molecule has 2 nitrogen and oxygen atoms in total. The molecule has 0 heterocycles. The van der Waals surface area contributed by atoms with Crippen LogP contribution >= 0.6 is 0 Å². The van der Waals surface area contributed by atoms with Crippen molar-refractivity contribution >= 4 is 0 Å². The Morgan fingerprint density at radius 1 is 1.12 bits per heavy atom. The van der Waals surface area contributed by atoms with Crippen LogP contribution in [0.5, 0.6) is 5.75 Å². The van der Waals surface area contributed by atoms with E-state index in [-0.39, 0.29) is 28.8 Å². The van der Waals surface area contributed by atoms with Gasteiger partial charge >= 0.3 is 0 Å². The Morgan fingerprint density at radius 2 is 1.88 bits per heavy atom. The number of hydrogen-bond acceptors (Lipinski definition) is 2. The lowest BCUT2D eigenvalue weighted by Gasteiger charge is -2.26. The van der Waals surface area contributed by atoms with Crippen LogP contribution < -0.4 is 4.74 Å². The van der Waals surface area contributed by atoms with Crippen molar-refractivity contribution in [2.75, 3.05) is 6.61 Å². The molecule has 1 N–H and O–H groups in total. The summed E-state index contributed by atoms with van der Waals surface area (Å²) < 4.78 is 48.9. The summed E-state index contributed by atoms with van der Waals surface area (Å²) in [5, 5.41) is 9.97. The van der Waals surface area contributed by atoms with Crippen molar-refractivity contribution < 1.29 is 23.0 Å². The third-order valence-electron chi connectivity index (χ3n) is 6.17. The lowest BCUT2D eigenvalue weighted by atomic mass is 9.78. The van der Waals surface area contributed by atoms with Crippen LogP contribution in [0.2, 0.25) is 0 Å². The Hall–Kier alpha value is -2.71. The minimum absolute atomic E-state index is 0.000148. The Morgan fingerprint density at radius 3 is 2.55 bits per heavy atom. The highest BCUT2D eigenvalue weighted by Crippen LogP contribution is 2.37. The molecule has 1 fully saturated rings. The molecule has 1 saturated carbocycles. The van der Waals surface area contributed by atoms with Gasteiger partial charge in [0.25, 0.3) is 0 Å². The SMILES string of the molecule is C=CCCOc1ccc(C2CCC(C#Cc3ccc(C(O)CCC)c(F)c3F)CC2)c(F)c1. The van der Waals surface area contributed by atoms with Crippen LogP contribution in [-0.4, -0.2) is 11.7 Å². The molecular formula is C28H31F3O2. The second kappa shape index (κ2) is 12.0. The van der Waals surface area contributed by atoms with Crippen LogP contribution in [-0.2, 0) is 0 Å². The van der Waals surface area contributed by atoms with Gasteiger partial charge in [-0.25, -0.2) is 13.2 Å². The zero-order valence-corrected chi connectivity index (χ0v) is 19.0. The third-order valence-corrected chi connectivity index (χ3v) is 6.17. The molecular weight excluding hydrogens is 425 g/mol. The van der Waals surface area contributed by atoms with Gasteiger partial charge in [-0.2, -0.15) is 0 Å². The van der Waals surface area contributed by atoms with Crippen molar-refractivity contribution in [3.05, 3.63) is 77.1 Å². The number of rotatable bonds is 8. The van der Waals surface area contributed by atoms with Crippen LogP contribution in [0, 0.1) is 35.2 Å². The number of halogens is 3. The molecule has 0 radical (unpaired) electrons. The molecule has 2 aromatic carbocycles. The monoisotopic (exact) mass is 456 g/mol. The van der Waals surface area contributed by atoms with Crippen molar-refractivity contribution in [1.82, 2.24) is 0 Å². The minimum atomic E-state index is -1.03. The molecule has 3 rings (SSSR count). The fraction of sp³-hybridized carbons (Fsp3) is 0.429. The van der Waals surface area contributed by atoms with E-state index >= 15 is 0 Å². The predicted octanol–water partition coefficient (Wildman–Crippen LogP) is 7.22. The van der Waals surface area contributed by atoms with Crippen LogP contribution in [0.25, 0.3) is 0 Å². The quantitative estimate of drug-likeness (QED) is 0.258. The molecule has 1 atom stereocenters. The summed E-state index contributed by atoms with van der Waals surface area (Å²) in [7, 11) is 0. The van der Waals surface area contributed by atoms with E-state index in [1.54, 1.807) is 18.2 Å². The van der Waals surface area contributed by atoms with Crippen molar-refractivity contribution in [1.29, 1.82) is 0 Å². The Kier molecular flexibility index (Phi) is 9.03. The van der Waals surface area contributed by atoms with E-state index in [2.05, 4.69) is 18.4 Å². The van der Waals surface area contributed by atoms with E-state index in [0.717, 1.165) is 25.7 Å². The summed E-state index contributed by atoms with van der Waals surface area (Å²) in [4.78, 5) is 0. The van der Waals surface area contributed by atoms with E-state index in [0.29, 0.717) is 37.2 Å². The molecule has 0 aromatic heterocycles. The van der Waals surface area contributed by atoms with Crippen LogP contribution in [0.1, 0.15) is 80.6 Å². The first-order valence-corrected chi connectivity index (χ1v) is 11.6. The standard InChI is InChI=1S/C28H31F3O2/c1-3-5-17-33-22-14-16-23(25(29)18-22)20-10-7-19(8-11-20)9-12-21-13-15-24(26(32)6-4-2)28(31)27(21)30/h3,13-16,18-20,26,32H,1,4-8,10-11,17H2,2H3. The molecule has 1 aliphatic carbocycles. The smallest absolute Gasteiger partial charge is 0.174 e. The van der Waals surface area contributed by atoms with Crippen molar-refractivity contribution in [3.63, 3.8) is 0 Å². The fourth-order valence-corrected chi connectivity index (χ4v) is 4.26. The van der Waals surface area contributed by atoms with Crippen molar-refractivity contribution in [3.8, 4) is 17.6 Å². The van der Waals surface area contributed by atoms with E-state index in [1.165, 1.54) is 18.2 Å². The zero-order valence-electron chi connectivity index (χ0n) is 19.0. The molecule has 0 amide bonds. The molecule has 1 unspecified atom stereocenters. The topological polar surface area (TPSA) is 29.5 Å². The second-order valence-electron chi connectivity index (χ2n) is 8.56. The molecule has 0 aliphatic heterocycles. The molecule has 0 spiro atoms. The first-order chi connectivity index (χ1) is 15.9. The van der Waals surface area contributed by atoms with Crippen LogP contribution in [0.3, 0.4) is 0 Å². The van der Waals surface area contributed by atoms with Gasteiger partial charge in [-0.1, -0.05) is 43.4 Å². The average Bonchev–Trinajstić information content (AvgIpc) is 2.81. The van der Waals surface area contributed by atoms with Gasteiger partial charge in [-0.3, -0.25) is 0 Å². The maximum absolute atomic E-state index is 14.6. The summed E-state index contributed by atoms with van der Waals surface area (Å²) in [6.45, 7) is 5.98. The largest absolute Gasteiger partial charge is 0.493 e. The molecule has 33 heavy (non-hydrogen) atoms. The Bertz CT molecular complexity index is 1010. The lowest BCUT2D eigenvalue weighted by molar-refractivity contribution is 0.160. The maximum atomic E-state index is 14.6. The van der Waals surface area contributed by atoms with Gasteiger partial charge in [0.2, 0.25) is 0 Å². The Labute approximate surface area is 194 Å². The van der Waals surface area contributed by atoms with Crippen molar-refractivity contribution in [2.24, 2.45) is 5.92 Å². The number of ether oxygens (including phenoxy) is 1. The zero-order chi connectivity index (χ0) is 23.8. The van der Waals surface area contributed by atoms with Gasteiger partial charge in [-0.15, -0.1) is 6.58 Å². The lowest BCUT2D eigenvalue weighted by Crippen LogP contribution is -2.13. The highest BCUT2D eigenvalue weighted by Gasteiger charge is 2.24. The van der Waals surface area contributed by atoms with Crippen molar-refractivity contribution in [2.45, 2.75) is 63.9 Å².